The van der Waals surface area contributed by atoms with Crippen molar-refractivity contribution in [1.29, 1.82) is 5.41 Å². The van der Waals surface area contributed by atoms with Gasteiger partial charge in [-0.1, -0.05) is 19.1 Å². The van der Waals surface area contributed by atoms with E-state index in [0.717, 1.165) is 24.4 Å². The highest BCUT2D eigenvalue weighted by atomic mass is 15.1. The Balaban J connectivity index is 2.38. The third-order valence-electron chi connectivity index (χ3n) is 4.00. The Bertz CT molecular complexity index is 445. The molecule has 98 valence electrons. The first-order valence-electron chi connectivity index (χ1n) is 6.54. The van der Waals surface area contributed by atoms with E-state index >= 15 is 0 Å². The van der Waals surface area contributed by atoms with Gasteiger partial charge in [0.05, 0.1) is 5.41 Å². The highest BCUT2D eigenvalue weighted by Crippen LogP contribution is 2.49. The normalized spacial score (nSPS) is 26.3. The molecule has 0 aromatic heterocycles. The molecule has 0 spiro atoms. The fraction of sp³-hybridized carbons (Fsp3) is 0.533. The molecule has 2 N–H and O–H groups in total. The van der Waals surface area contributed by atoms with Gasteiger partial charge in [-0.25, -0.2) is 0 Å². The number of rotatable bonds is 3. The molecule has 0 amide bonds. The molecule has 2 rings (SSSR count). The first-order chi connectivity index (χ1) is 8.49. The van der Waals surface area contributed by atoms with E-state index in [-0.39, 0.29) is 5.41 Å². The minimum Gasteiger partial charge on any atom is -0.388 e. The smallest absolute Gasteiger partial charge is 0.106 e. The summed E-state index contributed by atoms with van der Waals surface area (Å²) in [4.78, 5) is 1.94. The van der Waals surface area contributed by atoms with Crippen LogP contribution in [0.3, 0.4) is 0 Å². The van der Waals surface area contributed by atoms with Gasteiger partial charge in [0.15, 0.2) is 0 Å². The van der Waals surface area contributed by atoms with Gasteiger partial charge in [0.2, 0.25) is 0 Å². The Hall–Kier alpha value is -1.51. The van der Waals surface area contributed by atoms with Crippen molar-refractivity contribution < 1.29 is 0 Å². The van der Waals surface area contributed by atoms with Crippen molar-refractivity contribution in [2.75, 3.05) is 26.5 Å². The molecule has 0 saturated heterocycles. The first-order valence-corrected chi connectivity index (χ1v) is 6.54. The van der Waals surface area contributed by atoms with Gasteiger partial charge in [-0.2, -0.15) is 0 Å². The zero-order valence-electron chi connectivity index (χ0n) is 11.7. The monoisotopic (exact) mass is 245 g/mol. The zero-order chi connectivity index (χ0) is 13.3. The van der Waals surface area contributed by atoms with Crippen LogP contribution in [0.25, 0.3) is 0 Å². The second-order valence-electron chi connectivity index (χ2n) is 5.67. The molecule has 3 nitrogen and oxygen atoms in total. The number of nitrogens with zero attached hydrogens (tertiary/aromatic N) is 1. The van der Waals surface area contributed by atoms with Crippen LogP contribution in [0.15, 0.2) is 24.3 Å². The van der Waals surface area contributed by atoms with Gasteiger partial charge in [-0.3, -0.25) is 5.41 Å². The van der Waals surface area contributed by atoms with E-state index in [9.17, 15) is 0 Å². The summed E-state index contributed by atoms with van der Waals surface area (Å²) in [5.41, 5.74) is 2.32. The molecule has 1 aliphatic rings. The Morgan fingerprint density at radius 2 is 2.06 bits per heavy atom. The molecule has 0 heterocycles. The summed E-state index contributed by atoms with van der Waals surface area (Å²) in [6.07, 6.45) is 2.16. The molecule has 0 bridgehead atoms. The van der Waals surface area contributed by atoms with Gasteiger partial charge in [0.1, 0.15) is 5.84 Å². The lowest BCUT2D eigenvalue weighted by atomic mass is 9.58. The van der Waals surface area contributed by atoms with E-state index in [0.29, 0.717) is 5.92 Å². The predicted octanol–water partition coefficient (Wildman–Crippen LogP) is 2.93. The molecule has 1 aromatic rings. The van der Waals surface area contributed by atoms with Crippen LogP contribution in [0, 0.1) is 11.3 Å². The number of nitrogens with one attached hydrogen (secondary N) is 2. The standard InChI is InChI=1S/C15H23N3/c1-11-9-15(10-11,14(16)18(3)4)12-6-5-7-13(8-12)17-2/h5-8,11,16-17H,9-10H2,1-4H3. The molecule has 0 atom stereocenters. The molecule has 3 heteroatoms. The van der Waals surface area contributed by atoms with Crippen LogP contribution in [-0.4, -0.2) is 31.9 Å². The van der Waals surface area contributed by atoms with Crippen molar-refractivity contribution in [2.45, 2.75) is 25.2 Å². The average molecular weight is 245 g/mol. The van der Waals surface area contributed by atoms with Crippen LogP contribution in [-0.2, 0) is 5.41 Å². The van der Waals surface area contributed by atoms with E-state index in [1.807, 2.05) is 26.0 Å². The molecular formula is C15H23N3. The van der Waals surface area contributed by atoms with E-state index in [2.05, 4.69) is 36.5 Å². The van der Waals surface area contributed by atoms with E-state index in [1.165, 1.54) is 5.56 Å². The Morgan fingerprint density at radius 1 is 1.39 bits per heavy atom. The van der Waals surface area contributed by atoms with Gasteiger partial charge in [-0.05, 0) is 36.5 Å². The number of hydrogen-bond donors (Lipinski definition) is 2. The average Bonchev–Trinajstić information content (AvgIpc) is 2.33. The fourth-order valence-corrected chi connectivity index (χ4v) is 3.10. The highest BCUT2D eigenvalue weighted by Gasteiger charge is 2.47. The second kappa shape index (κ2) is 4.63. The molecule has 18 heavy (non-hydrogen) atoms. The van der Waals surface area contributed by atoms with Gasteiger partial charge < -0.3 is 10.2 Å². The summed E-state index contributed by atoms with van der Waals surface area (Å²) in [6.45, 7) is 2.27. The molecule has 0 unspecified atom stereocenters. The summed E-state index contributed by atoms with van der Waals surface area (Å²) in [7, 11) is 5.87. The maximum Gasteiger partial charge on any atom is 0.106 e. The van der Waals surface area contributed by atoms with Crippen LogP contribution in [0.4, 0.5) is 5.69 Å². The van der Waals surface area contributed by atoms with Crippen molar-refractivity contribution in [3.8, 4) is 0 Å². The lowest BCUT2D eigenvalue weighted by Crippen LogP contribution is -2.51. The summed E-state index contributed by atoms with van der Waals surface area (Å²) < 4.78 is 0. The van der Waals surface area contributed by atoms with Crippen LogP contribution in [0.1, 0.15) is 25.3 Å². The Morgan fingerprint density at radius 3 is 2.56 bits per heavy atom. The van der Waals surface area contributed by atoms with Gasteiger partial charge in [0.25, 0.3) is 0 Å². The zero-order valence-corrected chi connectivity index (χ0v) is 11.7. The second-order valence-corrected chi connectivity index (χ2v) is 5.67. The number of benzene rings is 1. The molecular weight excluding hydrogens is 222 g/mol. The fourth-order valence-electron chi connectivity index (χ4n) is 3.10. The summed E-state index contributed by atoms with van der Waals surface area (Å²) in [5, 5.41) is 11.6. The minimum absolute atomic E-state index is 0.0736. The maximum atomic E-state index is 8.41. The Kier molecular flexibility index (Phi) is 3.33. The van der Waals surface area contributed by atoms with Gasteiger partial charge in [-0.15, -0.1) is 0 Å². The summed E-state index contributed by atoms with van der Waals surface area (Å²) in [5.74, 6) is 1.44. The predicted molar refractivity (Wildman–Crippen MR) is 77.5 cm³/mol. The van der Waals surface area contributed by atoms with Crippen molar-refractivity contribution in [1.82, 2.24) is 4.90 Å². The molecule has 1 aliphatic carbocycles. The molecule has 0 radical (unpaired) electrons. The van der Waals surface area contributed by atoms with Crippen molar-refractivity contribution in [2.24, 2.45) is 5.92 Å². The number of likely N-dealkylation sites (N-methyl/N-ethyl adjacent to an activating group) is 1. The summed E-state index contributed by atoms with van der Waals surface area (Å²) >= 11 is 0. The molecule has 0 aliphatic heterocycles. The molecule has 1 fully saturated rings. The van der Waals surface area contributed by atoms with E-state index in [4.69, 9.17) is 5.41 Å². The first kappa shape index (κ1) is 12.9. The Labute approximate surface area is 110 Å². The lowest BCUT2D eigenvalue weighted by molar-refractivity contribution is 0.213. The lowest BCUT2D eigenvalue weighted by Gasteiger charge is -2.49. The van der Waals surface area contributed by atoms with Crippen LogP contribution in [0.2, 0.25) is 0 Å². The molecule has 1 aromatic carbocycles. The van der Waals surface area contributed by atoms with E-state index in [1.54, 1.807) is 0 Å². The highest BCUT2D eigenvalue weighted by molar-refractivity contribution is 5.91. The van der Waals surface area contributed by atoms with E-state index < -0.39 is 0 Å². The van der Waals surface area contributed by atoms with Crippen molar-refractivity contribution in [3.05, 3.63) is 29.8 Å². The van der Waals surface area contributed by atoms with Crippen LogP contribution < -0.4 is 5.32 Å². The summed E-state index contributed by atoms with van der Waals surface area (Å²) in [6, 6.07) is 8.49. The number of amidine groups is 1. The van der Waals surface area contributed by atoms with Crippen molar-refractivity contribution >= 4 is 11.5 Å². The topological polar surface area (TPSA) is 39.1 Å². The number of anilines is 1. The third kappa shape index (κ3) is 1.98. The van der Waals surface area contributed by atoms with Crippen molar-refractivity contribution in [3.63, 3.8) is 0 Å². The maximum absolute atomic E-state index is 8.41. The largest absolute Gasteiger partial charge is 0.388 e. The van der Waals surface area contributed by atoms with Crippen LogP contribution >= 0.6 is 0 Å². The van der Waals surface area contributed by atoms with Crippen LogP contribution in [0.5, 0.6) is 0 Å². The SMILES string of the molecule is CNc1cccc(C2(C(=N)N(C)C)CC(C)C2)c1. The molecule has 1 saturated carbocycles. The number of hydrogen-bond acceptors (Lipinski definition) is 2. The quantitative estimate of drug-likeness (QED) is 0.635. The van der Waals surface area contributed by atoms with Gasteiger partial charge >= 0.3 is 0 Å². The van der Waals surface area contributed by atoms with Gasteiger partial charge in [0, 0.05) is 26.8 Å². The minimum atomic E-state index is -0.0736. The third-order valence-corrected chi connectivity index (χ3v) is 4.00.